The van der Waals surface area contributed by atoms with Crippen LogP contribution in [0.4, 0.5) is 0 Å². The summed E-state index contributed by atoms with van der Waals surface area (Å²) in [5.74, 6) is -0.0310. The van der Waals surface area contributed by atoms with Crippen molar-refractivity contribution < 1.29 is 24.5 Å². The number of carbonyl (C=O) groups excluding carboxylic acids is 2. The summed E-state index contributed by atoms with van der Waals surface area (Å²) in [6.45, 7) is 4.93. The SMILES string of the molecule is CCCC/C=C\CCCCCCCC(=O)OCCCCCCCCCCCCCC/C=C\CCCCCCCCCCCCC(=O)NC(CO)C(O)CCCCCCCCCCCCCCCCCC. The molecule has 6 heteroatoms. The molecule has 0 saturated carbocycles. The minimum absolute atomic E-state index is 0.00347. The summed E-state index contributed by atoms with van der Waals surface area (Å²) in [6, 6.07) is -0.542. The molecule has 0 fully saturated rings. The minimum Gasteiger partial charge on any atom is -0.466 e. The van der Waals surface area contributed by atoms with Crippen molar-refractivity contribution in [3.05, 3.63) is 24.3 Å². The number of allylic oxidation sites excluding steroid dienone is 4. The first-order chi connectivity index (χ1) is 34.5. The summed E-state index contributed by atoms with van der Waals surface area (Å²) >= 11 is 0. The van der Waals surface area contributed by atoms with Crippen LogP contribution in [-0.4, -0.2) is 47.4 Å². The summed E-state index contributed by atoms with van der Waals surface area (Å²) in [5.41, 5.74) is 0. The number of aliphatic hydroxyl groups is 2. The molecule has 0 aromatic heterocycles. The normalized spacial score (nSPS) is 12.7. The van der Waals surface area contributed by atoms with Crippen molar-refractivity contribution in [3.8, 4) is 0 Å². The van der Waals surface area contributed by atoms with Crippen LogP contribution in [0.1, 0.15) is 348 Å². The summed E-state index contributed by atoms with van der Waals surface area (Å²) in [4.78, 5) is 24.5. The smallest absolute Gasteiger partial charge is 0.305 e. The molecule has 0 aliphatic rings. The zero-order valence-electron chi connectivity index (χ0n) is 47.3. The van der Waals surface area contributed by atoms with Gasteiger partial charge in [-0.3, -0.25) is 9.59 Å². The molecule has 70 heavy (non-hydrogen) atoms. The molecule has 0 spiro atoms. The van der Waals surface area contributed by atoms with Gasteiger partial charge in [0.25, 0.3) is 0 Å². The van der Waals surface area contributed by atoms with Crippen LogP contribution in [-0.2, 0) is 14.3 Å². The molecule has 0 radical (unpaired) electrons. The van der Waals surface area contributed by atoms with Crippen LogP contribution in [0.15, 0.2) is 24.3 Å². The number of aliphatic hydroxyl groups excluding tert-OH is 2. The predicted molar refractivity (Wildman–Crippen MR) is 306 cm³/mol. The number of carbonyl (C=O) groups is 2. The molecule has 0 rings (SSSR count). The fraction of sp³-hybridized carbons (Fsp3) is 0.906. The first-order valence-corrected chi connectivity index (χ1v) is 31.6. The van der Waals surface area contributed by atoms with Crippen LogP contribution in [0.3, 0.4) is 0 Å². The van der Waals surface area contributed by atoms with Crippen molar-refractivity contribution in [2.75, 3.05) is 13.2 Å². The second-order valence-electron chi connectivity index (χ2n) is 21.7. The van der Waals surface area contributed by atoms with Crippen molar-refractivity contribution in [2.45, 2.75) is 360 Å². The molecule has 0 aromatic rings. The summed E-state index contributed by atoms with van der Waals surface area (Å²) in [7, 11) is 0. The first-order valence-electron chi connectivity index (χ1n) is 31.6. The summed E-state index contributed by atoms with van der Waals surface area (Å²) < 4.78 is 5.46. The molecule has 0 aliphatic carbocycles. The van der Waals surface area contributed by atoms with Crippen LogP contribution in [0.25, 0.3) is 0 Å². The monoisotopic (exact) mass is 986 g/mol. The summed E-state index contributed by atoms with van der Waals surface area (Å²) in [6.07, 6.45) is 73.4. The highest BCUT2D eigenvalue weighted by Gasteiger charge is 2.20. The number of esters is 1. The number of amides is 1. The van der Waals surface area contributed by atoms with Gasteiger partial charge < -0.3 is 20.3 Å². The van der Waals surface area contributed by atoms with Crippen LogP contribution < -0.4 is 5.32 Å². The van der Waals surface area contributed by atoms with Gasteiger partial charge in [0.15, 0.2) is 0 Å². The quantitative estimate of drug-likeness (QED) is 0.0321. The second-order valence-corrected chi connectivity index (χ2v) is 21.7. The molecule has 2 unspecified atom stereocenters. The Labute approximate surface area is 437 Å². The van der Waals surface area contributed by atoms with Gasteiger partial charge in [0.1, 0.15) is 0 Å². The highest BCUT2D eigenvalue weighted by atomic mass is 16.5. The second kappa shape index (κ2) is 59.9. The van der Waals surface area contributed by atoms with Gasteiger partial charge in [-0.05, 0) is 70.6 Å². The van der Waals surface area contributed by atoms with E-state index in [1.165, 1.54) is 270 Å². The molecule has 1 amide bonds. The number of hydrogen-bond donors (Lipinski definition) is 3. The fourth-order valence-electron chi connectivity index (χ4n) is 9.85. The van der Waals surface area contributed by atoms with E-state index in [4.69, 9.17) is 4.74 Å². The maximum absolute atomic E-state index is 12.5. The molecule has 6 nitrogen and oxygen atoms in total. The third-order valence-corrected chi connectivity index (χ3v) is 14.7. The van der Waals surface area contributed by atoms with Gasteiger partial charge in [0, 0.05) is 12.8 Å². The lowest BCUT2D eigenvalue weighted by Gasteiger charge is -2.22. The Morgan fingerprint density at radius 2 is 0.686 bits per heavy atom. The van der Waals surface area contributed by atoms with Gasteiger partial charge in [0.2, 0.25) is 5.91 Å². The molecule has 0 saturated heterocycles. The standard InChI is InChI=1S/C64H123NO5/c1-3-5-7-9-11-13-15-16-17-30-33-37-40-44-48-52-56-62(67)61(60-66)65-63(68)57-53-49-45-41-38-34-31-28-26-24-22-20-18-19-21-23-25-27-29-32-35-39-43-47-51-55-59-70-64(69)58-54-50-46-42-36-14-12-10-8-6-4-2/h10,12,18,20,61-62,66-67H,3-9,11,13-17,19,21-60H2,1-2H3,(H,65,68)/b12-10-,20-18-. The molecular weight excluding hydrogens is 863 g/mol. The van der Waals surface area contributed by atoms with E-state index < -0.39 is 12.1 Å². The van der Waals surface area contributed by atoms with E-state index in [0.717, 1.165) is 44.9 Å². The van der Waals surface area contributed by atoms with Crippen molar-refractivity contribution >= 4 is 11.9 Å². The zero-order chi connectivity index (χ0) is 50.7. The first kappa shape index (κ1) is 68.3. The van der Waals surface area contributed by atoms with E-state index in [1.54, 1.807) is 0 Å². The van der Waals surface area contributed by atoms with E-state index in [-0.39, 0.29) is 18.5 Å². The Hall–Kier alpha value is -1.66. The number of hydrogen-bond acceptors (Lipinski definition) is 5. The molecule has 0 aliphatic heterocycles. The minimum atomic E-state index is -0.665. The molecule has 414 valence electrons. The highest BCUT2D eigenvalue weighted by Crippen LogP contribution is 2.18. The van der Waals surface area contributed by atoms with Gasteiger partial charge in [-0.2, -0.15) is 0 Å². The Morgan fingerprint density at radius 3 is 1.06 bits per heavy atom. The lowest BCUT2D eigenvalue weighted by molar-refractivity contribution is -0.143. The fourth-order valence-corrected chi connectivity index (χ4v) is 9.85. The Balaban J connectivity index is 3.39. The van der Waals surface area contributed by atoms with Crippen molar-refractivity contribution in [3.63, 3.8) is 0 Å². The Morgan fingerprint density at radius 1 is 0.386 bits per heavy atom. The molecule has 0 bridgehead atoms. The highest BCUT2D eigenvalue weighted by molar-refractivity contribution is 5.76. The molecular formula is C64H123NO5. The van der Waals surface area contributed by atoms with Gasteiger partial charge in [-0.1, -0.05) is 289 Å². The topological polar surface area (TPSA) is 95.9 Å². The average molecular weight is 987 g/mol. The number of rotatable bonds is 59. The van der Waals surface area contributed by atoms with Gasteiger partial charge in [-0.25, -0.2) is 0 Å². The molecule has 3 N–H and O–H groups in total. The zero-order valence-corrected chi connectivity index (χ0v) is 47.3. The Kier molecular flexibility index (Phi) is 58.5. The van der Waals surface area contributed by atoms with E-state index in [1.807, 2.05) is 0 Å². The maximum atomic E-state index is 12.5. The van der Waals surface area contributed by atoms with Crippen LogP contribution in [0.2, 0.25) is 0 Å². The average Bonchev–Trinajstić information content (AvgIpc) is 3.36. The molecule has 2 atom stereocenters. The molecule has 0 aromatic carbocycles. The van der Waals surface area contributed by atoms with Gasteiger partial charge in [-0.15, -0.1) is 0 Å². The predicted octanol–water partition coefficient (Wildman–Crippen LogP) is 19.8. The number of nitrogens with one attached hydrogen (secondary N) is 1. The van der Waals surface area contributed by atoms with Gasteiger partial charge >= 0.3 is 5.97 Å². The lowest BCUT2D eigenvalue weighted by atomic mass is 10.0. The molecule has 0 heterocycles. The van der Waals surface area contributed by atoms with E-state index >= 15 is 0 Å². The third kappa shape index (κ3) is 55.7. The lowest BCUT2D eigenvalue weighted by Crippen LogP contribution is -2.45. The van der Waals surface area contributed by atoms with Crippen LogP contribution >= 0.6 is 0 Å². The van der Waals surface area contributed by atoms with Gasteiger partial charge in [0.05, 0.1) is 25.4 Å². The number of unbranched alkanes of at least 4 members (excludes halogenated alkanes) is 44. The van der Waals surface area contributed by atoms with Crippen LogP contribution in [0.5, 0.6) is 0 Å². The largest absolute Gasteiger partial charge is 0.466 e. The maximum Gasteiger partial charge on any atom is 0.305 e. The third-order valence-electron chi connectivity index (χ3n) is 14.7. The van der Waals surface area contributed by atoms with E-state index in [0.29, 0.717) is 25.9 Å². The van der Waals surface area contributed by atoms with Crippen molar-refractivity contribution in [2.24, 2.45) is 0 Å². The number of ether oxygens (including phenoxy) is 1. The van der Waals surface area contributed by atoms with E-state index in [2.05, 4.69) is 43.5 Å². The van der Waals surface area contributed by atoms with Crippen LogP contribution in [0, 0.1) is 0 Å². The van der Waals surface area contributed by atoms with E-state index in [9.17, 15) is 19.8 Å². The Bertz CT molecular complexity index is 1090. The van der Waals surface area contributed by atoms with Crippen molar-refractivity contribution in [1.82, 2.24) is 5.32 Å². The van der Waals surface area contributed by atoms with Crippen molar-refractivity contribution in [1.29, 1.82) is 0 Å². The summed E-state index contributed by atoms with van der Waals surface area (Å²) in [5, 5.41) is 23.3.